The number of rotatable bonds is 6. The monoisotopic (exact) mass is 425 g/mol. The van der Waals surface area contributed by atoms with Crippen LogP contribution in [0, 0.1) is 5.82 Å². The Labute approximate surface area is 179 Å². The summed E-state index contributed by atoms with van der Waals surface area (Å²) in [6.45, 7) is 1.25. The van der Waals surface area contributed by atoms with Crippen molar-refractivity contribution in [1.29, 1.82) is 0 Å². The van der Waals surface area contributed by atoms with Gasteiger partial charge in [0, 0.05) is 24.7 Å². The molecule has 2 heterocycles. The number of ether oxygens (including phenoxy) is 3. The van der Waals surface area contributed by atoms with Crippen LogP contribution in [0.3, 0.4) is 0 Å². The lowest BCUT2D eigenvalue weighted by molar-refractivity contribution is 0.0846. The molecule has 1 saturated heterocycles. The topological polar surface area (TPSA) is 85.5 Å². The number of aromatic nitrogens is 2. The zero-order valence-corrected chi connectivity index (χ0v) is 17.4. The molecule has 31 heavy (non-hydrogen) atoms. The van der Waals surface area contributed by atoms with Crippen LogP contribution in [0.1, 0.15) is 34.8 Å². The zero-order chi connectivity index (χ0) is 21.8. The van der Waals surface area contributed by atoms with E-state index in [2.05, 4.69) is 15.5 Å². The van der Waals surface area contributed by atoms with Gasteiger partial charge >= 0.3 is 0 Å². The summed E-state index contributed by atoms with van der Waals surface area (Å²) in [6, 6.07) is 11.2. The normalized spacial score (nSPS) is 14.3. The molecule has 1 amide bonds. The fraction of sp³-hybridized carbons (Fsp3) is 0.304. The molecule has 0 spiro atoms. The molecule has 4 rings (SSSR count). The molecule has 1 fully saturated rings. The van der Waals surface area contributed by atoms with E-state index in [0.717, 1.165) is 18.5 Å². The molecule has 0 radical (unpaired) electrons. The minimum atomic E-state index is -0.586. The number of benzene rings is 2. The van der Waals surface area contributed by atoms with Crippen molar-refractivity contribution < 1.29 is 23.4 Å². The minimum Gasteiger partial charge on any atom is -0.497 e. The van der Waals surface area contributed by atoms with Crippen LogP contribution in [0.2, 0.25) is 0 Å². The maximum Gasteiger partial charge on any atom is 0.258 e. The number of nitrogens with zero attached hydrogens (tertiary/aromatic N) is 1. The largest absolute Gasteiger partial charge is 0.497 e. The average molecular weight is 425 g/mol. The maximum absolute atomic E-state index is 14.2. The highest BCUT2D eigenvalue weighted by Crippen LogP contribution is 2.41. The first-order valence-electron chi connectivity index (χ1n) is 10.1. The molecule has 0 bridgehead atoms. The molecule has 0 saturated carbocycles. The van der Waals surface area contributed by atoms with Crippen LogP contribution in [0.4, 0.5) is 10.1 Å². The van der Waals surface area contributed by atoms with Crippen LogP contribution in [0.5, 0.6) is 11.5 Å². The second-order valence-electron chi connectivity index (χ2n) is 7.25. The molecule has 8 heteroatoms. The van der Waals surface area contributed by atoms with Crippen LogP contribution >= 0.6 is 0 Å². The van der Waals surface area contributed by atoms with Gasteiger partial charge in [0.05, 0.1) is 31.2 Å². The van der Waals surface area contributed by atoms with E-state index in [1.54, 1.807) is 44.6 Å². The van der Waals surface area contributed by atoms with E-state index in [9.17, 15) is 9.18 Å². The van der Waals surface area contributed by atoms with Gasteiger partial charge in [-0.1, -0.05) is 12.1 Å². The van der Waals surface area contributed by atoms with E-state index in [4.69, 9.17) is 14.2 Å². The lowest BCUT2D eigenvalue weighted by Crippen LogP contribution is -2.19. The summed E-state index contributed by atoms with van der Waals surface area (Å²) in [6.07, 6.45) is 1.58. The molecule has 0 aliphatic carbocycles. The van der Waals surface area contributed by atoms with Crippen LogP contribution in [0.15, 0.2) is 42.5 Å². The highest BCUT2D eigenvalue weighted by molar-refractivity contribution is 6.06. The van der Waals surface area contributed by atoms with Gasteiger partial charge < -0.3 is 19.5 Å². The Kier molecular flexibility index (Phi) is 6.18. The van der Waals surface area contributed by atoms with Crippen LogP contribution < -0.4 is 14.8 Å². The van der Waals surface area contributed by atoms with Crippen molar-refractivity contribution in [2.75, 3.05) is 32.8 Å². The van der Waals surface area contributed by atoms with Gasteiger partial charge in [-0.25, -0.2) is 4.39 Å². The van der Waals surface area contributed by atoms with Gasteiger partial charge in [-0.2, -0.15) is 5.10 Å². The van der Waals surface area contributed by atoms with Gasteiger partial charge in [-0.15, -0.1) is 0 Å². The van der Waals surface area contributed by atoms with Crippen molar-refractivity contribution in [2.45, 2.75) is 18.8 Å². The number of carbonyl (C=O) groups is 1. The van der Waals surface area contributed by atoms with Gasteiger partial charge in [0.1, 0.15) is 23.0 Å². The maximum atomic E-state index is 14.2. The minimum absolute atomic E-state index is 0.0369. The summed E-state index contributed by atoms with van der Waals surface area (Å²) in [5, 5.41) is 10.5. The number of H-pyrrole nitrogens is 1. The standard InChI is InChI=1S/C23H24FN3O4/c1-29-15-7-8-19(30-2)17(13-15)21-22(20(26-27-21)14-9-11-31-12-10-14)25-23(28)16-5-3-4-6-18(16)24/h3-8,13-14H,9-12H2,1-2H3,(H,25,28)(H,26,27). The number of nitrogens with one attached hydrogen (secondary N) is 2. The smallest absolute Gasteiger partial charge is 0.258 e. The summed E-state index contributed by atoms with van der Waals surface area (Å²) < 4.78 is 30.6. The second kappa shape index (κ2) is 9.18. The Morgan fingerprint density at radius 2 is 1.94 bits per heavy atom. The second-order valence-corrected chi connectivity index (χ2v) is 7.25. The molecular formula is C23H24FN3O4. The third kappa shape index (κ3) is 4.25. The molecule has 1 aliphatic heterocycles. The first kappa shape index (κ1) is 20.9. The van der Waals surface area contributed by atoms with Gasteiger partial charge in [0.2, 0.25) is 0 Å². The SMILES string of the molecule is COc1ccc(OC)c(-c2n[nH]c(C3CCOCC3)c2NC(=O)c2ccccc2F)c1. The lowest BCUT2D eigenvalue weighted by Gasteiger charge is -2.22. The first-order chi connectivity index (χ1) is 15.1. The van der Waals surface area contributed by atoms with Gasteiger partial charge in [-0.3, -0.25) is 9.89 Å². The Balaban J connectivity index is 1.80. The van der Waals surface area contributed by atoms with Crippen molar-refractivity contribution in [3.8, 4) is 22.8 Å². The molecule has 3 aromatic rings. The third-order valence-electron chi connectivity index (χ3n) is 5.44. The summed E-state index contributed by atoms with van der Waals surface area (Å²) in [7, 11) is 3.14. The van der Waals surface area contributed by atoms with Crippen molar-refractivity contribution >= 4 is 11.6 Å². The number of methoxy groups -OCH3 is 2. The Morgan fingerprint density at radius 1 is 1.16 bits per heavy atom. The lowest BCUT2D eigenvalue weighted by atomic mass is 9.94. The summed E-state index contributed by atoms with van der Waals surface area (Å²) >= 11 is 0. The predicted molar refractivity (Wildman–Crippen MR) is 114 cm³/mol. The van der Waals surface area contributed by atoms with Gasteiger partial charge in [0.25, 0.3) is 5.91 Å². The number of amides is 1. The van der Waals surface area contributed by atoms with Crippen molar-refractivity contribution in [3.05, 3.63) is 59.5 Å². The van der Waals surface area contributed by atoms with Crippen molar-refractivity contribution in [1.82, 2.24) is 10.2 Å². The first-order valence-corrected chi connectivity index (χ1v) is 10.1. The fourth-order valence-electron chi connectivity index (χ4n) is 3.78. The predicted octanol–water partition coefficient (Wildman–Crippen LogP) is 4.38. The third-order valence-corrected chi connectivity index (χ3v) is 5.44. The Bertz CT molecular complexity index is 1080. The molecule has 7 nitrogen and oxygen atoms in total. The number of halogens is 1. The zero-order valence-electron chi connectivity index (χ0n) is 17.4. The molecule has 1 aromatic heterocycles. The van der Waals surface area contributed by atoms with Crippen LogP contribution in [-0.2, 0) is 4.74 Å². The van der Waals surface area contributed by atoms with Gasteiger partial charge in [0.15, 0.2) is 0 Å². The summed E-state index contributed by atoms with van der Waals surface area (Å²) in [5.74, 6) is 0.195. The van der Waals surface area contributed by atoms with E-state index in [1.807, 2.05) is 0 Å². The quantitative estimate of drug-likeness (QED) is 0.612. The summed E-state index contributed by atoms with van der Waals surface area (Å²) in [5.41, 5.74) is 2.41. The fourth-order valence-corrected chi connectivity index (χ4v) is 3.78. The highest BCUT2D eigenvalue weighted by Gasteiger charge is 2.27. The highest BCUT2D eigenvalue weighted by atomic mass is 19.1. The van der Waals surface area contributed by atoms with E-state index in [0.29, 0.717) is 41.7 Å². The van der Waals surface area contributed by atoms with Crippen LogP contribution in [0.25, 0.3) is 11.3 Å². The number of aromatic amines is 1. The molecule has 2 aromatic carbocycles. The van der Waals surface area contributed by atoms with Crippen molar-refractivity contribution in [3.63, 3.8) is 0 Å². The molecule has 0 unspecified atom stereocenters. The number of anilines is 1. The molecule has 162 valence electrons. The van der Waals surface area contributed by atoms with E-state index in [-0.39, 0.29) is 11.5 Å². The molecule has 2 N–H and O–H groups in total. The van der Waals surface area contributed by atoms with Gasteiger partial charge in [-0.05, 0) is 43.2 Å². The Hall–Kier alpha value is -3.39. The number of hydrogen-bond acceptors (Lipinski definition) is 5. The number of carbonyl (C=O) groups excluding carboxylic acids is 1. The molecular weight excluding hydrogens is 401 g/mol. The summed E-state index contributed by atoms with van der Waals surface area (Å²) in [4.78, 5) is 13.0. The van der Waals surface area contributed by atoms with Crippen LogP contribution in [-0.4, -0.2) is 43.5 Å². The van der Waals surface area contributed by atoms with E-state index in [1.165, 1.54) is 12.1 Å². The molecule has 0 atom stereocenters. The van der Waals surface area contributed by atoms with E-state index >= 15 is 0 Å². The average Bonchev–Trinajstić information content (AvgIpc) is 3.22. The Morgan fingerprint density at radius 3 is 2.65 bits per heavy atom. The molecule has 1 aliphatic rings. The number of hydrogen-bond donors (Lipinski definition) is 2. The van der Waals surface area contributed by atoms with Crippen molar-refractivity contribution in [2.24, 2.45) is 0 Å². The van der Waals surface area contributed by atoms with E-state index < -0.39 is 11.7 Å².